The number of carbonyl (C=O) groups is 1. The summed E-state index contributed by atoms with van der Waals surface area (Å²) < 4.78 is 0. The predicted molar refractivity (Wildman–Crippen MR) is 66.6 cm³/mol. The van der Waals surface area contributed by atoms with Gasteiger partial charge in [-0.25, -0.2) is 0 Å². The minimum absolute atomic E-state index is 0.112. The molecule has 0 radical (unpaired) electrons. The maximum absolute atomic E-state index is 12.1. The lowest BCUT2D eigenvalue weighted by Crippen LogP contribution is -2.47. The Labute approximate surface area is 103 Å². The van der Waals surface area contributed by atoms with Crippen molar-refractivity contribution in [2.24, 2.45) is 11.3 Å². The van der Waals surface area contributed by atoms with Gasteiger partial charge in [0, 0.05) is 19.0 Å². The molecule has 2 fully saturated rings. The van der Waals surface area contributed by atoms with Gasteiger partial charge in [-0.3, -0.25) is 4.79 Å². The van der Waals surface area contributed by atoms with Crippen LogP contribution in [-0.4, -0.2) is 36.2 Å². The quantitative estimate of drug-likeness (QED) is 0.679. The van der Waals surface area contributed by atoms with E-state index in [-0.39, 0.29) is 17.2 Å². The minimum atomic E-state index is -0.738. The van der Waals surface area contributed by atoms with E-state index in [0.29, 0.717) is 13.1 Å². The largest absolute Gasteiger partial charge is 0.387 e. The maximum atomic E-state index is 12.1. The molecule has 0 aromatic rings. The van der Waals surface area contributed by atoms with Crippen LogP contribution in [0.1, 0.15) is 39.5 Å². The van der Waals surface area contributed by atoms with E-state index in [1.807, 2.05) is 0 Å². The van der Waals surface area contributed by atoms with E-state index in [1.165, 1.54) is 0 Å². The number of aliphatic hydroxyl groups is 1. The van der Waals surface area contributed by atoms with Gasteiger partial charge in [-0.15, -0.1) is 0 Å². The summed E-state index contributed by atoms with van der Waals surface area (Å²) in [5.74, 6) is 0.230. The standard InChI is InChI=1S/C13H24N2O2/c1-12(2)5-3-4-10(12)11(16)15-9-13(17)6-7-14-8-13/h10,14,17H,3-9H2,1-2H3,(H,15,16). The highest BCUT2D eigenvalue weighted by atomic mass is 16.3. The molecule has 0 spiro atoms. The molecule has 1 heterocycles. The van der Waals surface area contributed by atoms with Crippen LogP contribution in [0.5, 0.6) is 0 Å². The number of rotatable bonds is 3. The molecule has 2 rings (SSSR count). The molecule has 4 nitrogen and oxygen atoms in total. The molecule has 1 amide bonds. The second-order valence-electron chi connectivity index (χ2n) is 6.30. The minimum Gasteiger partial charge on any atom is -0.387 e. The molecule has 98 valence electrons. The molecular formula is C13H24N2O2. The first kappa shape index (κ1) is 12.8. The molecule has 1 saturated heterocycles. The SMILES string of the molecule is CC1(C)CCCC1C(=O)NCC1(O)CCNC1. The van der Waals surface area contributed by atoms with Gasteiger partial charge < -0.3 is 15.7 Å². The van der Waals surface area contributed by atoms with Crippen molar-refractivity contribution in [3.05, 3.63) is 0 Å². The van der Waals surface area contributed by atoms with Crippen LogP contribution in [0.2, 0.25) is 0 Å². The third-order valence-corrected chi connectivity index (χ3v) is 4.39. The van der Waals surface area contributed by atoms with Gasteiger partial charge in [-0.2, -0.15) is 0 Å². The number of hydrogen-bond acceptors (Lipinski definition) is 3. The van der Waals surface area contributed by atoms with E-state index in [0.717, 1.165) is 32.2 Å². The molecule has 1 aliphatic carbocycles. The van der Waals surface area contributed by atoms with Crippen LogP contribution in [0.4, 0.5) is 0 Å². The normalized spacial score (nSPS) is 36.1. The average Bonchev–Trinajstić information content (AvgIpc) is 2.82. The Kier molecular flexibility index (Phi) is 3.46. The monoisotopic (exact) mass is 240 g/mol. The lowest BCUT2D eigenvalue weighted by Gasteiger charge is -2.28. The zero-order valence-electron chi connectivity index (χ0n) is 10.9. The van der Waals surface area contributed by atoms with E-state index in [4.69, 9.17) is 0 Å². The molecule has 4 heteroatoms. The summed E-state index contributed by atoms with van der Waals surface area (Å²) in [7, 11) is 0. The Morgan fingerprint density at radius 2 is 2.24 bits per heavy atom. The fraction of sp³-hybridized carbons (Fsp3) is 0.923. The predicted octanol–water partition coefficient (Wildman–Crippen LogP) is 0.653. The topological polar surface area (TPSA) is 61.4 Å². The summed E-state index contributed by atoms with van der Waals surface area (Å²) >= 11 is 0. The molecular weight excluding hydrogens is 216 g/mol. The highest BCUT2D eigenvalue weighted by molar-refractivity contribution is 5.79. The van der Waals surface area contributed by atoms with Gasteiger partial charge in [0.05, 0.1) is 5.60 Å². The van der Waals surface area contributed by atoms with E-state index >= 15 is 0 Å². The Morgan fingerprint density at radius 3 is 2.76 bits per heavy atom. The molecule has 3 N–H and O–H groups in total. The fourth-order valence-electron chi connectivity index (χ4n) is 3.07. The summed E-state index contributed by atoms with van der Waals surface area (Å²) in [5.41, 5.74) is -0.626. The van der Waals surface area contributed by atoms with Gasteiger partial charge in [0.15, 0.2) is 0 Å². The van der Waals surface area contributed by atoms with E-state index < -0.39 is 5.60 Å². The molecule has 17 heavy (non-hydrogen) atoms. The smallest absolute Gasteiger partial charge is 0.223 e. The second-order valence-corrected chi connectivity index (χ2v) is 6.30. The van der Waals surface area contributed by atoms with E-state index in [1.54, 1.807) is 0 Å². The molecule has 1 saturated carbocycles. The van der Waals surface area contributed by atoms with Gasteiger partial charge in [0.2, 0.25) is 5.91 Å². The van der Waals surface area contributed by atoms with Crippen LogP contribution in [0.3, 0.4) is 0 Å². The molecule has 0 aromatic carbocycles. The van der Waals surface area contributed by atoms with Crippen LogP contribution in [0, 0.1) is 11.3 Å². The summed E-state index contributed by atoms with van der Waals surface area (Å²) in [4.78, 5) is 12.1. The van der Waals surface area contributed by atoms with Crippen molar-refractivity contribution < 1.29 is 9.90 Å². The van der Waals surface area contributed by atoms with Crippen molar-refractivity contribution in [1.82, 2.24) is 10.6 Å². The number of hydrogen-bond donors (Lipinski definition) is 3. The zero-order valence-corrected chi connectivity index (χ0v) is 10.9. The summed E-state index contributed by atoms with van der Waals surface area (Å²) in [6.45, 7) is 6.13. The highest BCUT2D eigenvalue weighted by Gasteiger charge is 2.40. The molecule has 0 aromatic heterocycles. The number of nitrogens with one attached hydrogen (secondary N) is 2. The average molecular weight is 240 g/mol. The van der Waals surface area contributed by atoms with Crippen LogP contribution in [0.15, 0.2) is 0 Å². The first-order valence-electron chi connectivity index (χ1n) is 6.64. The molecule has 0 bridgehead atoms. The fourth-order valence-corrected chi connectivity index (χ4v) is 3.07. The van der Waals surface area contributed by atoms with Crippen molar-refractivity contribution in [3.8, 4) is 0 Å². The Morgan fingerprint density at radius 1 is 1.47 bits per heavy atom. The highest BCUT2D eigenvalue weighted by Crippen LogP contribution is 2.42. The first-order chi connectivity index (χ1) is 7.93. The van der Waals surface area contributed by atoms with Crippen LogP contribution in [-0.2, 0) is 4.79 Å². The Hall–Kier alpha value is -0.610. The van der Waals surface area contributed by atoms with Crippen molar-refractivity contribution in [2.75, 3.05) is 19.6 Å². The summed E-state index contributed by atoms with van der Waals surface area (Å²) in [5, 5.41) is 16.2. The summed E-state index contributed by atoms with van der Waals surface area (Å²) in [6.07, 6.45) is 3.96. The van der Waals surface area contributed by atoms with Gasteiger partial charge in [-0.05, 0) is 31.2 Å². The van der Waals surface area contributed by atoms with Gasteiger partial charge in [-0.1, -0.05) is 20.3 Å². The van der Waals surface area contributed by atoms with E-state index in [9.17, 15) is 9.90 Å². The first-order valence-corrected chi connectivity index (χ1v) is 6.64. The lowest BCUT2D eigenvalue weighted by molar-refractivity contribution is -0.128. The van der Waals surface area contributed by atoms with Crippen LogP contribution in [0.25, 0.3) is 0 Å². The molecule has 2 aliphatic rings. The van der Waals surface area contributed by atoms with Crippen LogP contribution < -0.4 is 10.6 Å². The molecule has 1 aliphatic heterocycles. The summed E-state index contributed by atoms with van der Waals surface area (Å²) in [6, 6.07) is 0. The maximum Gasteiger partial charge on any atom is 0.223 e. The molecule has 2 atom stereocenters. The third-order valence-electron chi connectivity index (χ3n) is 4.39. The Bertz CT molecular complexity index is 296. The van der Waals surface area contributed by atoms with E-state index in [2.05, 4.69) is 24.5 Å². The van der Waals surface area contributed by atoms with Gasteiger partial charge >= 0.3 is 0 Å². The second kappa shape index (κ2) is 4.58. The van der Waals surface area contributed by atoms with Crippen molar-refractivity contribution in [1.29, 1.82) is 0 Å². The Balaban J connectivity index is 1.85. The van der Waals surface area contributed by atoms with Crippen molar-refractivity contribution in [2.45, 2.75) is 45.1 Å². The molecule has 2 unspecified atom stereocenters. The lowest BCUT2D eigenvalue weighted by atomic mass is 9.81. The zero-order chi connectivity index (χ0) is 12.5. The van der Waals surface area contributed by atoms with Gasteiger partial charge in [0.1, 0.15) is 0 Å². The van der Waals surface area contributed by atoms with Crippen molar-refractivity contribution >= 4 is 5.91 Å². The number of amides is 1. The number of carbonyl (C=O) groups excluding carboxylic acids is 1. The van der Waals surface area contributed by atoms with Gasteiger partial charge in [0.25, 0.3) is 0 Å². The number of β-amino-alcohol motifs (C(OH)–C–C–N with tert-alkyl or cyclic N) is 1. The third kappa shape index (κ3) is 2.80. The van der Waals surface area contributed by atoms with Crippen LogP contribution >= 0.6 is 0 Å². The van der Waals surface area contributed by atoms with Crippen molar-refractivity contribution in [3.63, 3.8) is 0 Å².